The summed E-state index contributed by atoms with van der Waals surface area (Å²) in [5, 5.41) is 4.34. The van der Waals surface area contributed by atoms with Crippen molar-refractivity contribution in [1.29, 1.82) is 0 Å². The summed E-state index contributed by atoms with van der Waals surface area (Å²) in [5.41, 5.74) is 2.08. The second-order valence-electron chi connectivity index (χ2n) is 7.54. The molecule has 1 aromatic carbocycles. The Bertz CT molecular complexity index is 996. The smallest absolute Gasteiger partial charge is 0.236 e. The van der Waals surface area contributed by atoms with Gasteiger partial charge < -0.3 is 10.2 Å². The molecule has 29 heavy (non-hydrogen) atoms. The van der Waals surface area contributed by atoms with Gasteiger partial charge >= 0.3 is 0 Å². The van der Waals surface area contributed by atoms with E-state index in [2.05, 4.69) is 26.3 Å². The summed E-state index contributed by atoms with van der Waals surface area (Å²) in [6, 6.07) is 10.3. The van der Waals surface area contributed by atoms with Crippen molar-refractivity contribution < 1.29 is 4.79 Å². The van der Waals surface area contributed by atoms with Crippen LogP contribution < -0.4 is 5.32 Å². The fourth-order valence-corrected chi connectivity index (χ4v) is 4.67. The molecule has 1 amide bonds. The highest BCUT2D eigenvalue weighted by atomic mass is 35.5. The number of carbonyl (C=O) groups excluding carboxylic acids is 1. The zero-order chi connectivity index (χ0) is 20.4. The highest BCUT2D eigenvalue weighted by Gasteiger charge is 2.22. The first kappa shape index (κ1) is 20.1. The first-order valence-corrected chi connectivity index (χ1v) is 10.9. The Hall–Kier alpha value is -2.22. The molecule has 4 rings (SSSR count). The Morgan fingerprint density at radius 2 is 1.97 bits per heavy atom. The molecule has 1 aliphatic heterocycles. The van der Waals surface area contributed by atoms with E-state index in [-0.39, 0.29) is 5.91 Å². The number of piperidine rings is 1. The third-order valence-electron chi connectivity index (χ3n) is 5.23. The summed E-state index contributed by atoms with van der Waals surface area (Å²) < 4.78 is 1.07. The molecular weight excluding hydrogens is 406 g/mol. The SMILES string of the molecule is CN(C)C(=O)CN1CCC(Nc2ncnc3cc(-c4ccc(Cl)cc4)sc23)CC1. The lowest BCUT2D eigenvalue weighted by Crippen LogP contribution is -2.44. The summed E-state index contributed by atoms with van der Waals surface area (Å²) in [5.74, 6) is 1.05. The van der Waals surface area contributed by atoms with Gasteiger partial charge in [-0.1, -0.05) is 23.7 Å². The number of thiophene rings is 1. The lowest BCUT2D eigenvalue weighted by molar-refractivity contribution is -0.130. The summed E-state index contributed by atoms with van der Waals surface area (Å²) in [6.07, 6.45) is 3.59. The molecule has 1 fully saturated rings. The Morgan fingerprint density at radius 3 is 2.66 bits per heavy atom. The predicted molar refractivity (Wildman–Crippen MR) is 120 cm³/mol. The van der Waals surface area contributed by atoms with E-state index in [0.717, 1.165) is 57.4 Å². The van der Waals surface area contributed by atoms with Gasteiger partial charge in [0.2, 0.25) is 5.91 Å². The van der Waals surface area contributed by atoms with Crippen LogP contribution in [0.15, 0.2) is 36.7 Å². The van der Waals surface area contributed by atoms with E-state index in [1.807, 2.05) is 24.3 Å². The van der Waals surface area contributed by atoms with E-state index in [1.54, 1.807) is 36.7 Å². The van der Waals surface area contributed by atoms with Crippen LogP contribution in [0.25, 0.3) is 20.7 Å². The number of aromatic nitrogens is 2. The van der Waals surface area contributed by atoms with Crippen molar-refractivity contribution in [2.75, 3.05) is 39.0 Å². The molecule has 0 unspecified atom stereocenters. The molecule has 0 aliphatic carbocycles. The molecule has 1 aliphatic rings. The molecular formula is C21H24ClN5OS. The normalized spacial score (nSPS) is 15.6. The molecule has 1 N–H and O–H groups in total. The van der Waals surface area contributed by atoms with Gasteiger partial charge in [0.05, 0.1) is 16.8 Å². The highest BCUT2D eigenvalue weighted by molar-refractivity contribution is 7.22. The molecule has 0 bridgehead atoms. The maximum atomic E-state index is 11.9. The van der Waals surface area contributed by atoms with Gasteiger partial charge in [0.15, 0.2) is 0 Å². The Morgan fingerprint density at radius 1 is 1.24 bits per heavy atom. The molecule has 8 heteroatoms. The average molecular weight is 430 g/mol. The molecule has 2 aromatic heterocycles. The van der Waals surface area contributed by atoms with Crippen molar-refractivity contribution in [3.63, 3.8) is 0 Å². The quantitative estimate of drug-likeness (QED) is 0.664. The highest BCUT2D eigenvalue weighted by Crippen LogP contribution is 2.36. The van der Waals surface area contributed by atoms with Crippen molar-refractivity contribution in [2.24, 2.45) is 0 Å². The molecule has 0 spiro atoms. The van der Waals surface area contributed by atoms with Crippen LogP contribution in [0.1, 0.15) is 12.8 Å². The van der Waals surface area contributed by atoms with Crippen LogP contribution in [0.5, 0.6) is 0 Å². The first-order valence-electron chi connectivity index (χ1n) is 9.69. The van der Waals surface area contributed by atoms with Gasteiger partial charge in [-0.25, -0.2) is 9.97 Å². The minimum absolute atomic E-state index is 0.155. The fourth-order valence-electron chi connectivity index (χ4n) is 3.48. The first-order chi connectivity index (χ1) is 14.0. The monoisotopic (exact) mass is 429 g/mol. The van der Waals surface area contributed by atoms with Crippen molar-refractivity contribution in [3.8, 4) is 10.4 Å². The fraction of sp³-hybridized carbons (Fsp3) is 0.381. The molecule has 6 nitrogen and oxygen atoms in total. The van der Waals surface area contributed by atoms with E-state index in [0.29, 0.717) is 12.6 Å². The van der Waals surface area contributed by atoms with Crippen LogP contribution in [0, 0.1) is 0 Å². The summed E-state index contributed by atoms with van der Waals surface area (Å²) in [4.78, 5) is 25.9. The van der Waals surface area contributed by atoms with Gasteiger partial charge in [0, 0.05) is 43.1 Å². The largest absolute Gasteiger partial charge is 0.366 e. The Kier molecular flexibility index (Phi) is 5.99. The number of rotatable bonds is 5. The maximum Gasteiger partial charge on any atom is 0.236 e. The molecule has 0 atom stereocenters. The average Bonchev–Trinajstić information content (AvgIpc) is 3.15. The number of nitrogens with zero attached hydrogens (tertiary/aromatic N) is 4. The second-order valence-corrected chi connectivity index (χ2v) is 9.03. The summed E-state index contributed by atoms with van der Waals surface area (Å²) in [6.45, 7) is 2.31. The van der Waals surface area contributed by atoms with Crippen LogP contribution >= 0.6 is 22.9 Å². The molecule has 1 saturated heterocycles. The molecule has 0 radical (unpaired) electrons. The van der Waals surface area contributed by atoms with Gasteiger partial charge in [-0.05, 0) is 36.6 Å². The zero-order valence-electron chi connectivity index (χ0n) is 16.6. The number of amides is 1. The Balaban J connectivity index is 1.45. The number of likely N-dealkylation sites (N-methyl/N-ethyl adjacent to an activating group) is 1. The lowest BCUT2D eigenvalue weighted by Gasteiger charge is -2.32. The van der Waals surface area contributed by atoms with Gasteiger partial charge in [-0.15, -0.1) is 11.3 Å². The number of likely N-dealkylation sites (tertiary alicyclic amines) is 1. The Labute approximate surface area is 179 Å². The number of nitrogens with one attached hydrogen (secondary N) is 1. The van der Waals surface area contributed by atoms with E-state index < -0.39 is 0 Å². The van der Waals surface area contributed by atoms with Gasteiger partial charge in [-0.3, -0.25) is 9.69 Å². The van der Waals surface area contributed by atoms with Crippen molar-refractivity contribution in [2.45, 2.75) is 18.9 Å². The van der Waals surface area contributed by atoms with E-state index in [9.17, 15) is 4.79 Å². The van der Waals surface area contributed by atoms with E-state index in [4.69, 9.17) is 11.6 Å². The zero-order valence-corrected chi connectivity index (χ0v) is 18.1. The van der Waals surface area contributed by atoms with Crippen molar-refractivity contribution in [1.82, 2.24) is 19.8 Å². The number of hydrogen-bond donors (Lipinski definition) is 1. The molecule has 152 valence electrons. The van der Waals surface area contributed by atoms with Crippen LogP contribution in [-0.4, -0.2) is 65.4 Å². The van der Waals surface area contributed by atoms with Crippen molar-refractivity contribution in [3.05, 3.63) is 41.7 Å². The molecule has 0 saturated carbocycles. The van der Waals surface area contributed by atoms with Crippen molar-refractivity contribution >= 4 is 44.9 Å². The third-order valence-corrected chi connectivity index (χ3v) is 6.66. The predicted octanol–water partition coefficient (Wildman–Crippen LogP) is 3.98. The van der Waals surface area contributed by atoms with Crippen LogP contribution in [0.4, 0.5) is 5.82 Å². The standard InChI is InChI=1S/C21H24ClN5OS/c1-26(2)19(28)12-27-9-7-16(8-10-27)25-21-20-17(23-13-24-21)11-18(29-20)14-3-5-15(22)6-4-14/h3-6,11,13,16H,7-10,12H2,1-2H3,(H,23,24,25). The summed E-state index contributed by atoms with van der Waals surface area (Å²) in [7, 11) is 3.60. The summed E-state index contributed by atoms with van der Waals surface area (Å²) >= 11 is 7.70. The number of anilines is 1. The number of carbonyl (C=O) groups is 1. The number of halogens is 1. The third kappa shape index (κ3) is 4.69. The minimum Gasteiger partial charge on any atom is -0.366 e. The number of fused-ring (bicyclic) bond motifs is 1. The lowest BCUT2D eigenvalue weighted by atomic mass is 10.1. The van der Waals surface area contributed by atoms with Gasteiger partial charge in [0.1, 0.15) is 12.1 Å². The maximum absolute atomic E-state index is 11.9. The van der Waals surface area contributed by atoms with E-state index in [1.165, 1.54) is 0 Å². The topological polar surface area (TPSA) is 61.4 Å². The van der Waals surface area contributed by atoms with Crippen LogP contribution in [0.2, 0.25) is 5.02 Å². The number of hydrogen-bond acceptors (Lipinski definition) is 6. The van der Waals surface area contributed by atoms with E-state index >= 15 is 0 Å². The second kappa shape index (κ2) is 8.65. The van der Waals surface area contributed by atoms with Crippen LogP contribution in [-0.2, 0) is 4.79 Å². The van der Waals surface area contributed by atoms with Gasteiger partial charge in [-0.2, -0.15) is 0 Å². The number of benzene rings is 1. The van der Waals surface area contributed by atoms with Gasteiger partial charge in [0.25, 0.3) is 0 Å². The molecule has 3 aromatic rings. The van der Waals surface area contributed by atoms with Crippen LogP contribution in [0.3, 0.4) is 0 Å². The molecule has 3 heterocycles. The minimum atomic E-state index is 0.155.